The summed E-state index contributed by atoms with van der Waals surface area (Å²) in [5.41, 5.74) is 1.62. The Morgan fingerprint density at radius 1 is 1.00 bits per heavy atom. The SMILES string of the molecule is CCCN(CCC)C(C)COc1ccc(C(C)(C)CC)cc1. The Morgan fingerprint density at radius 2 is 1.55 bits per heavy atom. The Hall–Kier alpha value is -1.02. The molecule has 1 aromatic carbocycles. The fourth-order valence-electron chi connectivity index (χ4n) is 2.66. The molecule has 0 aliphatic carbocycles. The summed E-state index contributed by atoms with van der Waals surface area (Å²) >= 11 is 0. The highest BCUT2D eigenvalue weighted by Gasteiger charge is 2.18. The molecule has 0 bridgehead atoms. The average molecular weight is 306 g/mol. The number of hydrogen-bond acceptors (Lipinski definition) is 2. The van der Waals surface area contributed by atoms with Gasteiger partial charge in [0.1, 0.15) is 12.4 Å². The zero-order valence-electron chi connectivity index (χ0n) is 15.5. The van der Waals surface area contributed by atoms with Crippen LogP contribution in [0.15, 0.2) is 24.3 Å². The average Bonchev–Trinajstić information content (AvgIpc) is 2.52. The maximum absolute atomic E-state index is 6.00. The molecule has 22 heavy (non-hydrogen) atoms. The van der Waals surface area contributed by atoms with E-state index in [1.54, 1.807) is 0 Å². The topological polar surface area (TPSA) is 12.5 Å². The van der Waals surface area contributed by atoms with Crippen LogP contribution in [0.5, 0.6) is 5.75 Å². The first-order valence-corrected chi connectivity index (χ1v) is 8.92. The maximum Gasteiger partial charge on any atom is 0.119 e. The number of hydrogen-bond donors (Lipinski definition) is 0. The summed E-state index contributed by atoms with van der Waals surface area (Å²) in [6.45, 7) is 16.6. The monoisotopic (exact) mass is 305 g/mol. The van der Waals surface area contributed by atoms with Crippen LogP contribution in [-0.4, -0.2) is 30.6 Å². The molecule has 0 fully saturated rings. The summed E-state index contributed by atoms with van der Waals surface area (Å²) in [5, 5.41) is 0. The minimum absolute atomic E-state index is 0.241. The van der Waals surface area contributed by atoms with Gasteiger partial charge in [0.2, 0.25) is 0 Å². The largest absolute Gasteiger partial charge is 0.492 e. The van der Waals surface area contributed by atoms with E-state index >= 15 is 0 Å². The summed E-state index contributed by atoms with van der Waals surface area (Å²) in [4.78, 5) is 2.52. The van der Waals surface area contributed by atoms with Gasteiger partial charge in [-0.05, 0) is 62.4 Å². The fraction of sp³-hybridized carbons (Fsp3) is 0.700. The second-order valence-corrected chi connectivity index (χ2v) is 6.96. The molecule has 0 aliphatic rings. The zero-order chi connectivity index (χ0) is 16.6. The van der Waals surface area contributed by atoms with E-state index in [2.05, 4.69) is 70.7 Å². The van der Waals surface area contributed by atoms with Gasteiger partial charge in [-0.15, -0.1) is 0 Å². The minimum atomic E-state index is 0.241. The third-order valence-corrected chi connectivity index (χ3v) is 4.66. The first-order chi connectivity index (χ1) is 10.4. The van der Waals surface area contributed by atoms with Gasteiger partial charge >= 0.3 is 0 Å². The molecular weight excluding hydrogens is 270 g/mol. The van der Waals surface area contributed by atoms with E-state index < -0.39 is 0 Å². The van der Waals surface area contributed by atoms with Crippen LogP contribution in [0.1, 0.15) is 66.4 Å². The predicted molar refractivity (Wildman–Crippen MR) is 96.9 cm³/mol. The molecule has 0 spiro atoms. The van der Waals surface area contributed by atoms with Crippen LogP contribution in [0.4, 0.5) is 0 Å². The molecule has 1 unspecified atom stereocenters. The van der Waals surface area contributed by atoms with Crippen molar-refractivity contribution in [3.8, 4) is 5.75 Å². The van der Waals surface area contributed by atoms with Crippen LogP contribution in [0, 0.1) is 0 Å². The van der Waals surface area contributed by atoms with Crippen LogP contribution in [0.2, 0.25) is 0 Å². The molecule has 1 aromatic rings. The van der Waals surface area contributed by atoms with Gasteiger partial charge in [-0.2, -0.15) is 0 Å². The quantitative estimate of drug-likeness (QED) is 0.584. The van der Waals surface area contributed by atoms with Crippen LogP contribution in [-0.2, 0) is 5.41 Å². The van der Waals surface area contributed by atoms with Gasteiger partial charge in [0, 0.05) is 6.04 Å². The lowest BCUT2D eigenvalue weighted by Gasteiger charge is -2.28. The lowest BCUT2D eigenvalue weighted by atomic mass is 9.82. The number of nitrogens with zero attached hydrogens (tertiary/aromatic N) is 1. The van der Waals surface area contributed by atoms with Gasteiger partial charge < -0.3 is 4.74 Å². The van der Waals surface area contributed by atoms with Crippen molar-refractivity contribution in [1.82, 2.24) is 4.90 Å². The molecule has 2 nitrogen and oxygen atoms in total. The molecule has 0 saturated carbocycles. The molecule has 0 heterocycles. The van der Waals surface area contributed by atoms with Gasteiger partial charge in [-0.25, -0.2) is 0 Å². The molecular formula is C20H35NO. The van der Waals surface area contributed by atoms with Gasteiger partial charge in [0.05, 0.1) is 0 Å². The number of rotatable bonds is 10. The van der Waals surface area contributed by atoms with Crippen LogP contribution >= 0.6 is 0 Å². The Bertz CT molecular complexity index is 404. The summed E-state index contributed by atoms with van der Waals surface area (Å²) in [5.74, 6) is 0.982. The second kappa shape index (κ2) is 9.19. The molecule has 0 saturated heterocycles. The van der Waals surface area contributed by atoms with Crippen LogP contribution in [0.25, 0.3) is 0 Å². The second-order valence-electron chi connectivity index (χ2n) is 6.96. The first kappa shape index (κ1) is 19.0. The standard InChI is InChI=1S/C20H35NO/c1-7-14-21(15-8-2)17(4)16-22-19-12-10-18(11-13-19)20(5,6)9-3/h10-13,17H,7-9,14-16H2,1-6H3. The molecule has 0 radical (unpaired) electrons. The van der Waals surface area contributed by atoms with E-state index in [0.717, 1.165) is 31.9 Å². The lowest BCUT2D eigenvalue weighted by Crippen LogP contribution is -2.38. The van der Waals surface area contributed by atoms with Crippen molar-refractivity contribution >= 4 is 0 Å². The third-order valence-electron chi connectivity index (χ3n) is 4.66. The fourth-order valence-corrected chi connectivity index (χ4v) is 2.66. The van der Waals surface area contributed by atoms with Crippen molar-refractivity contribution in [2.75, 3.05) is 19.7 Å². The Labute approximate surface area is 137 Å². The van der Waals surface area contributed by atoms with E-state index in [-0.39, 0.29) is 5.41 Å². The molecule has 126 valence electrons. The summed E-state index contributed by atoms with van der Waals surface area (Å²) < 4.78 is 6.00. The Kier molecular flexibility index (Phi) is 7.95. The Morgan fingerprint density at radius 3 is 2.00 bits per heavy atom. The smallest absolute Gasteiger partial charge is 0.119 e. The van der Waals surface area contributed by atoms with Crippen molar-refractivity contribution in [3.63, 3.8) is 0 Å². The van der Waals surface area contributed by atoms with Gasteiger partial charge in [0.25, 0.3) is 0 Å². The molecule has 2 heteroatoms. The van der Waals surface area contributed by atoms with Crippen LogP contribution < -0.4 is 4.74 Å². The summed E-state index contributed by atoms with van der Waals surface area (Å²) in [6, 6.07) is 9.11. The normalized spacial score (nSPS) is 13.4. The predicted octanol–water partition coefficient (Wildman–Crippen LogP) is 5.26. The van der Waals surface area contributed by atoms with Crippen molar-refractivity contribution < 1.29 is 4.74 Å². The first-order valence-electron chi connectivity index (χ1n) is 8.92. The summed E-state index contributed by atoms with van der Waals surface area (Å²) in [6.07, 6.45) is 3.55. The van der Waals surface area contributed by atoms with E-state index in [4.69, 9.17) is 4.74 Å². The highest BCUT2D eigenvalue weighted by Crippen LogP contribution is 2.28. The molecule has 0 aliphatic heterocycles. The van der Waals surface area contributed by atoms with E-state index in [1.165, 1.54) is 18.4 Å². The van der Waals surface area contributed by atoms with Gasteiger partial charge in [-0.1, -0.05) is 46.8 Å². The van der Waals surface area contributed by atoms with E-state index in [9.17, 15) is 0 Å². The molecule has 1 atom stereocenters. The minimum Gasteiger partial charge on any atom is -0.492 e. The Balaban J connectivity index is 2.57. The highest BCUT2D eigenvalue weighted by molar-refractivity contribution is 5.31. The van der Waals surface area contributed by atoms with Crippen molar-refractivity contribution in [2.24, 2.45) is 0 Å². The zero-order valence-corrected chi connectivity index (χ0v) is 15.5. The molecule has 0 aromatic heterocycles. The van der Waals surface area contributed by atoms with E-state index in [1.807, 2.05) is 0 Å². The van der Waals surface area contributed by atoms with Crippen LogP contribution in [0.3, 0.4) is 0 Å². The maximum atomic E-state index is 6.00. The lowest BCUT2D eigenvalue weighted by molar-refractivity contribution is 0.146. The van der Waals surface area contributed by atoms with Crippen molar-refractivity contribution in [3.05, 3.63) is 29.8 Å². The molecule has 0 N–H and O–H groups in total. The third kappa shape index (κ3) is 5.64. The van der Waals surface area contributed by atoms with Crippen molar-refractivity contribution in [2.45, 2.75) is 72.3 Å². The van der Waals surface area contributed by atoms with E-state index in [0.29, 0.717) is 6.04 Å². The van der Waals surface area contributed by atoms with Gasteiger partial charge in [-0.3, -0.25) is 4.90 Å². The van der Waals surface area contributed by atoms with Gasteiger partial charge in [0.15, 0.2) is 0 Å². The van der Waals surface area contributed by atoms with Crippen molar-refractivity contribution in [1.29, 1.82) is 0 Å². The molecule has 0 amide bonds. The highest BCUT2D eigenvalue weighted by atomic mass is 16.5. The number of ether oxygens (including phenoxy) is 1. The molecule has 1 rings (SSSR count). The number of benzene rings is 1. The summed E-state index contributed by atoms with van der Waals surface area (Å²) in [7, 11) is 0.